The summed E-state index contributed by atoms with van der Waals surface area (Å²) < 4.78 is 7.42. The Labute approximate surface area is 145 Å². The molecule has 0 bridgehead atoms. The number of ether oxygens (including phenoxy) is 1. The Morgan fingerprint density at radius 2 is 2.00 bits per heavy atom. The van der Waals surface area contributed by atoms with Crippen LogP contribution < -0.4 is 5.32 Å². The molecule has 0 aromatic carbocycles. The van der Waals surface area contributed by atoms with Crippen molar-refractivity contribution < 1.29 is 9.53 Å². The molecule has 2 rings (SSSR count). The number of amides is 1. The van der Waals surface area contributed by atoms with Crippen LogP contribution in [-0.4, -0.2) is 59.0 Å². The highest BCUT2D eigenvalue weighted by molar-refractivity contribution is 5.92. The van der Waals surface area contributed by atoms with Crippen molar-refractivity contribution in [2.45, 2.75) is 58.7 Å². The summed E-state index contributed by atoms with van der Waals surface area (Å²) in [6, 6.07) is 1.89. The number of hydrogen-bond acceptors (Lipinski definition) is 4. The minimum Gasteiger partial charge on any atom is -0.373 e. The van der Waals surface area contributed by atoms with Crippen LogP contribution in [0.1, 0.15) is 62.6 Å². The first-order valence-electron chi connectivity index (χ1n) is 9.06. The summed E-state index contributed by atoms with van der Waals surface area (Å²) in [6.07, 6.45) is 2.70. The number of hydrogen-bond donors (Lipinski definition) is 1. The van der Waals surface area contributed by atoms with E-state index in [1.807, 2.05) is 13.1 Å². The van der Waals surface area contributed by atoms with Crippen molar-refractivity contribution in [3.63, 3.8) is 0 Å². The van der Waals surface area contributed by atoms with Crippen LogP contribution in [0.3, 0.4) is 0 Å². The summed E-state index contributed by atoms with van der Waals surface area (Å²) in [5, 5.41) is 7.39. The highest BCUT2D eigenvalue weighted by Gasteiger charge is 2.21. The van der Waals surface area contributed by atoms with Gasteiger partial charge >= 0.3 is 0 Å². The van der Waals surface area contributed by atoms with Crippen molar-refractivity contribution in [3.8, 4) is 0 Å². The molecule has 1 aromatic rings. The number of morpholine rings is 1. The zero-order chi connectivity index (χ0) is 17.7. The van der Waals surface area contributed by atoms with E-state index in [1.165, 1.54) is 0 Å². The quantitative estimate of drug-likeness (QED) is 0.775. The fourth-order valence-electron chi connectivity index (χ4n) is 3.20. The van der Waals surface area contributed by atoms with E-state index in [2.05, 4.69) is 43.0 Å². The molecule has 6 heteroatoms. The fourth-order valence-corrected chi connectivity index (χ4v) is 3.20. The van der Waals surface area contributed by atoms with Crippen LogP contribution in [-0.2, 0) is 11.8 Å². The number of rotatable bonds is 7. The molecule has 1 aliphatic rings. The van der Waals surface area contributed by atoms with Crippen LogP contribution in [0.5, 0.6) is 0 Å². The largest absolute Gasteiger partial charge is 0.373 e. The second-order valence-corrected chi connectivity index (χ2v) is 7.21. The predicted octanol–water partition coefficient (Wildman–Crippen LogP) is 2.16. The van der Waals surface area contributed by atoms with Gasteiger partial charge in [0.1, 0.15) is 5.69 Å². The van der Waals surface area contributed by atoms with Gasteiger partial charge in [0.05, 0.1) is 17.9 Å². The van der Waals surface area contributed by atoms with Crippen LogP contribution >= 0.6 is 0 Å². The average Bonchev–Trinajstić information content (AvgIpc) is 2.88. The standard InChI is InChI=1S/C18H32N4O2/c1-13(2)16-10-17(21(5)20-16)18(23)19-8-6-7-9-22-11-14(3)24-15(4)12-22/h10,13-15H,6-9,11-12H2,1-5H3,(H,19,23)/t14-,15-/m1/s1. The Morgan fingerprint density at radius 3 is 2.58 bits per heavy atom. The van der Waals surface area contributed by atoms with Gasteiger partial charge in [-0.05, 0) is 45.2 Å². The zero-order valence-electron chi connectivity index (χ0n) is 15.7. The van der Waals surface area contributed by atoms with Gasteiger partial charge in [0, 0.05) is 26.7 Å². The average molecular weight is 336 g/mol. The first-order valence-corrected chi connectivity index (χ1v) is 9.06. The third-order valence-electron chi connectivity index (χ3n) is 4.40. The molecule has 6 nitrogen and oxygen atoms in total. The summed E-state index contributed by atoms with van der Waals surface area (Å²) in [7, 11) is 1.82. The van der Waals surface area contributed by atoms with E-state index >= 15 is 0 Å². The second kappa shape index (κ2) is 8.62. The van der Waals surface area contributed by atoms with Gasteiger partial charge in [0.2, 0.25) is 0 Å². The highest BCUT2D eigenvalue weighted by Crippen LogP contribution is 2.14. The number of carbonyl (C=O) groups is 1. The number of nitrogens with zero attached hydrogens (tertiary/aromatic N) is 3. The Balaban J connectivity index is 1.68. The van der Waals surface area contributed by atoms with E-state index in [1.54, 1.807) is 4.68 Å². The van der Waals surface area contributed by atoms with Crippen molar-refractivity contribution in [2.24, 2.45) is 7.05 Å². The molecular weight excluding hydrogens is 304 g/mol. The summed E-state index contributed by atoms with van der Waals surface area (Å²) >= 11 is 0. The molecule has 1 fully saturated rings. The lowest BCUT2D eigenvalue weighted by Gasteiger charge is -2.35. The third-order valence-corrected chi connectivity index (χ3v) is 4.40. The van der Waals surface area contributed by atoms with Gasteiger partial charge in [0.15, 0.2) is 0 Å². The lowest BCUT2D eigenvalue weighted by Crippen LogP contribution is -2.45. The molecule has 1 amide bonds. The SMILES string of the molecule is CC(C)c1cc(C(=O)NCCCCN2C[C@@H](C)O[C@H](C)C2)n(C)n1. The maximum absolute atomic E-state index is 12.3. The summed E-state index contributed by atoms with van der Waals surface area (Å²) in [5.74, 6) is 0.293. The van der Waals surface area contributed by atoms with E-state index < -0.39 is 0 Å². The Morgan fingerprint density at radius 1 is 1.33 bits per heavy atom. The van der Waals surface area contributed by atoms with E-state index in [0.29, 0.717) is 30.4 Å². The Kier molecular flexibility index (Phi) is 6.80. The van der Waals surface area contributed by atoms with Crippen molar-refractivity contribution in [3.05, 3.63) is 17.5 Å². The molecule has 1 saturated heterocycles. The van der Waals surface area contributed by atoms with E-state index in [0.717, 1.165) is 38.2 Å². The molecule has 136 valence electrons. The number of aryl methyl sites for hydroxylation is 1. The summed E-state index contributed by atoms with van der Waals surface area (Å²) in [4.78, 5) is 14.7. The third kappa shape index (κ3) is 5.31. The van der Waals surface area contributed by atoms with Gasteiger partial charge < -0.3 is 10.1 Å². The van der Waals surface area contributed by atoms with E-state index in [-0.39, 0.29) is 5.91 Å². The van der Waals surface area contributed by atoms with Crippen LogP contribution in [0.4, 0.5) is 0 Å². The molecule has 2 heterocycles. The Hall–Kier alpha value is -1.40. The molecule has 1 aromatic heterocycles. The number of nitrogens with one attached hydrogen (secondary N) is 1. The van der Waals surface area contributed by atoms with E-state index in [9.17, 15) is 4.79 Å². The molecule has 1 aliphatic heterocycles. The smallest absolute Gasteiger partial charge is 0.269 e. The lowest BCUT2D eigenvalue weighted by molar-refractivity contribution is -0.0681. The highest BCUT2D eigenvalue weighted by atomic mass is 16.5. The molecule has 1 N–H and O–H groups in total. The minimum absolute atomic E-state index is 0.0366. The second-order valence-electron chi connectivity index (χ2n) is 7.21. The molecule has 24 heavy (non-hydrogen) atoms. The van der Waals surface area contributed by atoms with Crippen molar-refractivity contribution >= 4 is 5.91 Å². The van der Waals surface area contributed by atoms with Crippen LogP contribution in [0.2, 0.25) is 0 Å². The first-order chi connectivity index (χ1) is 11.4. The van der Waals surface area contributed by atoms with Gasteiger partial charge in [-0.2, -0.15) is 5.10 Å². The molecule has 0 aliphatic carbocycles. The van der Waals surface area contributed by atoms with Crippen LogP contribution in [0.25, 0.3) is 0 Å². The monoisotopic (exact) mass is 336 g/mol. The molecule has 2 atom stereocenters. The van der Waals surface area contributed by atoms with Crippen LogP contribution in [0, 0.1) is 0 Å². The van der Waals surface area contributed by atoms with Crippen molar-refractivity contribution in [2.75, 3.05) is 26.2 Å². The van der Waals surface area contributed by atoms with Crippen LogP contribution in [0.15, 0.2) is 6.07 Å². The molecule has 0 unspecified atom stereocenters. The fraction of sp³-hybridized carbons (Fsp3) is 0.778. The Bertz CT molecular complexity index is 531. The van der Waals surface area contributed by atoms with Crippen molar-refractivity contribution in [1.29, 1.82) is 0 Å². The summed E-state index contributed by atoms with van der Waals surface area (Å²) in [5.41, 5.74) is 1.59. The van der Waals surface area contributed by atoms with E-state index in [4.69, 9.17) is 4.74 Å². The molecule has 0 spiro atoms. The van der Waals surface area contributed by atoms with Gasteiger partial charge in [0.25, 0.3) is 5.91 Å². The van der Waals surface area contributed by atoms with Gasteiger partial charge in [-0.1, -0.05) is 13.8 Å². The van der Waals surface area contributed by atoms with Gasteiger partial charge in [-0.25, -0.2) is 0 Å². The zero-order valence-corrected chi connectivity index (χ0v) is 15.7. The molecule has 0 radical (unpaired) electrons. The number of carbonyl (C=O) groups excluding carboxylic acids is 1. The number of aromatic nitrogens is 2. The molecule has 0 saturated carbocycles. The topological polar surface area (TPSA) is 59.4 Å². The van der Waals surface area contributed by atoms with Crippen molar-refractivity contribution in [1.82, 2.24) is 20.0 Å². The lowest BCUT2D eigenvalue weighted by atomic mass is 10.1. The van der Waals surface area contributed by atoms with Gasteiger partial charge in [-0.3, -0.25) is 14.4 Å². The normalized spacial score (nSPS) is 22.1. The minimum atomic E-state index is -0.0366. The maximum Gasteiger partial charge on any atom is 0.269 e. The first kappa shape index (κ1) is 18.9. The number of unbranched alkanes of at least 4 members (excludes halogenated alkanes) is 1. The summed E-state index contributed by atoms with van der Waals surface area (Å²) in [6.45, 7) is 12.2. The maximum atomic E-state index is 12.3. The van der Waals surface area contributed by atoms with Gasteiger partial charge in [-0.15, -0.1) is 0 Å². The predicted molar refractivity (Wildman–Crippen MR) is 95.3 cm³/mol. The molecular formula is C18H32N4O2.